The summed E-state index contributed by atoms with van der Waals surface area (Å²) in [7, 11) is 0. The Kier molecular flexibility index (Phi) is 7.68. The van der Waals surface area contributed by atoms with E-state index in [0.29, 0.717) is 17.9 Å². The number of carbonyl (C=O) groups is 2. The minimum Gasteiger partial charge on any atom is -0.493 e. The molecule has 1 amide bonds. The molecule has 5 heteroatoms. The Balaban J connectivity index is 1.87. The van der Waals surface area contributed by atoms with Crippen LogP contribution in [-0.4, -0.2) is 25.1 Å². The van der Waals surface area contributed by atoms with Crippen LogP contribution in [0.15, 0.2) is 48.5 Å². The number of unbranched alkanes of at least 4 members (excludes halogenated alkanes) is 1. The molecule has 0 fully saturated rings. The topological polar surface area (TPSA) is 64.6 Å². The van der Waals surface area contributed by atoms with E-state index in [0.717, 1.165) is 24.2 Å². The maximum Gasteiger partial charge on any atom is 0.340 e. The van der Waals surface area contributed by atoms with Gasteiger partial charge in [-0.3, -0.25) is 4.79 Å². The quantitative estimate of drug-likeness (QED) is 0.536. The van der Waals surface area contributed by atoms with E-state index in [9.17, 15) is 9.59 Å². The molecule has 138 valence electrons. The number of nitrogens with one attached hydrogen (secondary N) is 1. The van der Waals surface area contributed by atoms with Crippen molar-refractivity contribution in [2.75, 3.05) is 18.5 Å². The molecular weight excluding hydrogens is 330 g/mol. The van der Waals surface area contributed by atoms with Gasteiger partial charge in [0.15, 0.2) is 0 Å². The van der Waals surface area contributed by atoms with Gasteiger partial charge in [-0.05, 0) is 43.2 Å². The van der Waals surface area contributed by atoms with Crippen molar-refractivity contribution in [1.82, 2.24) is 0 Å². The number of para-hydroxylation sites is 1. The van der Waals surface area contributed by atoms with E-state index < -0.39 is 5.97 Å². The molecule has 0 aliphatic heterocycles. The lowest BCUT2D eigenvalue weighted by Crippen LogP contribution is -2.18. The molecule has 0 spiro atoms. The lowest BCUT2D eigenvalue weighted by molar-refractivity contribution is -0.116. The molecule has 0 aliphatic carbocycles. The van der Waals surface area contributed by atoms with Gasteiger partial charge in [0, 0.05) is 0 Å². The summed E-state index contributed by atoms with van der Waals surface area (Å²) >= 11 is 0. The number of hydrogen-bond acceptors (Lipinski definition) is 4. The van der Waals surface area contributed by atoms with E-state index >= 15 is 0 Å². The van der Waals surface area contributed by atoms with Crippen LogP contribution in [0.25, 0.3) is 0 Å². The molecule has 0 bridgehead atoms. The highest BCUT2D eigenvalue weighted by Crippen LogP contribution is 2.17. The summed E-state index contributed by atoms with van der Waals surface area (Å²) in [6.45, 7) is 4.65. The van der Waals surface area contributed by atoms with E-state index in [2.05, 4.69) is 5.32 Å². The van der Waals surface area contributed by atoms with Crippen LogP contribution in [0, 0.1) is 6.92 Å². The molecule has 5 nitrogen and oxygen atoms in total. The van der Waals surface area contributed by atoms with Gasteiger partial charge in [-0.25, -0.2) is 4.79 Å². The molecule has 2 aromatic rings. The fraction of sp³-hybridized carbons (Fsp3) is 0.333. The van der Waals surface area contributed by atoms with Crippen molar-refractivity contribution in [3.63, 3.8) is 0 Å². The summed E-state index contributed by atoms with van der Waals surface area (Å²) in [6, 6.07) is 14.5. The average molecular weight is 355 g/mol. The third-order valence-corrected chi connectivity index (χ3v) is 3.74. The van der Waals surface area contributed by atoms with E-state index in [1.165, 1.54) is 0 Å². The van der Waals surface area contributed by atoms with E-state index in [-0.39, 0.29) is 18.9 Å². The Morgan fingerprint density at radius 3 is 2.62 bits per heavy atom. The van der Waals surface area contributed by atoms with Gasteiger partial charge in [-0.1, -0.05) is 37.6 Å². The van der Waals surface area contributed by atoms with E-state index in [1.807, 2.05) is 38.1 Å². The number of amides is 1. The van der Waals surface area contributed by atoms with Gasteiger partial charge < -0.3 is 14.8 Å². The van der Waals surface area contributed by atoms with Crippen LogP contribution in [0.1, 0.15) is 42.1 Å². The molecule has 0 heterocycles. The van der Waals surface area contributed by atoms with Crippen molar-refractivity contribution in [3.05, 3.63) is 59.7 Å². The van der Waals surface area contributed by atoms with Crippen LogP contribution in [0.2, 0.25) is 0 Å². The Bertz CT molecular complexity index is 742. The van der Waals surface area contributed by atoms with Crippen LogP contribution >= 0.6 is 0 Å². The Labute approximate surface area is 154 Å². The highest BCUT2D eigenvalue weighted by atomic mass is 16.5. The monoisotopic (exact) mass is 355 g/mol. The van der Waals surface area contributed by atoms with E-state index in [4.69, 9.17) is 9.47 Å². The molecule has 1 N–H and O–H groups in total. The van der Waals surface area contributed by atoms with Gasteiger partial charge in [0.05, 0.1) is 30.9 Å². The SMILES string of the molecule is CCCCOC(=O)c1ccccc1NC(=O)CCOc1cccc(C)c1. The standard InChI is InChI=1S/C21H25NO4/c1-3-4-13-26-21(24)18-10-5-6-11-19(18)22-20(23)12-14-25-17-9-7-8-16(2)15-17/h5-11,15H,3-4,12-14H2,1-2H3,(H,22,23). The van der Waals surface area contributed by atoms with E-state index in [1.54, 1.807) is 24.3 Å². The predicted octanol–water partition coefficient (Wildman–Crippen LogP) is 4.36. The van der Waals surface area contributed by atoms with Gasteiger partial charge in [0.25, 0.3) is 0 Å². The molecule has 0 unspecified atom stereocenters. The zero-order valence-electron chi connectivity index (χ0n) is 15.3. The molecule has 0 atom stereocenters. The average Bonchev–Trinajstić information content (AvgIpc) is 2.62. The second-order valence-corrected chi connectivity index (χ2v) is 6.00. The maximum absolute atomic E-state index is 12.2. The molecular formula is C21H25NO4. The third-order valence-electron chi connectivity index (χ3n) is 3.74. The number of anilines is 1. The van der Waals surface area contributed by atoms with Gasteiger partial charge in [0.1, 0.15) is 5.75 Å². The summed E-state index contributed by atoms with van der Waals surface area (Å²) < 4.78 is 10.8. The van der Waals surface area contributed by atoms with Crippen molar-refractivity contribution in [2.45, 2.75) is 33.1 Å². The lowest BCUT2D eigenvalue weighted by Gasteiger charge is -2.11. The van der Waals surface area contributed by atoms with Gasteiger partial charge >= 0.3 is 5.97 Å². The predicted molar refractivity (Wildman–Crippen MR) is 102 cm³/mol. The molecule has 2 rings (SSSR count). The Morgan fingerprint density at radius 2 is 1.85 bits per heavy atom. The minimum atomic E-state index is -0.426. The summed E-state index contributed by atoms with van der Waals surface area (Å²) in [5.74, 6) is 0.0922. The first kappa shape index (κ1) is 19.5. The number of ether oxygens (including phenoxy) is 2. The van der Waals surface area contributed by atoms with Crippen LogP contribution < -0.4 is 10.1 Å². The third kappa shape index (κ3) is 6.24. The van der Waals surface area contributed by atoms with Gasteiger partial charge in [0.2, 0.25) is 5.91 Å². The summed E-state index contributed by atoms with van der Waals surface area (Å²) in [5, 5.41) is 2.76. The number of rotatable bonds is 9. The van der Waals surface area contributed by atoms with Crippen molar-refractivity contribution in [2.24, 2.45) is 0 Å². The normalized spacial score (nSPS) is 10.2. The Morgan fingerprint density at radius 1 is 1.04 bits per heavy atom. The summed E-state index contributed by atoms with van der Waals surface area (Å²) in [6.07, 6.45) is 1.95. The largest absolute Gasteiger partial charge is 0.493 e. The van der Waals surface area contributed by atoms with Crippen LogP contribution in [0.5, 0.6) is 5.75 Å². The number of hydrogen-bond donors (Lipinski definition) is 1. The zero-order chi connectivity index (χ0) is 18.8. The highest BCUT2D eigenvalue weighted by Gasteiger charge is 2.14. The number of esters is 1. The summed E-state index contributed by atoms with van der Waals surface area (Å²) in [5.41, 5.74) is 1.91. The minimum absolute atomic E-state index is 0.188. The van der Waals surface area contributed by atoms with Crippen LogP contribution in [-0.2, 0) is 9.53 Å². The second-order valence-electron chi connectivity index (χ2n) is 6.00. The molecule has 26 heavy (non-hydrogen) atoms. The molecule has 0 radical (unpaired) electrons. The molecule has 0 saturated carbocycles. The molecule has 0 aromatic heterocycles. The van der Waals surface area contributed by atoms with Crippen LogP contribution in [0.4, 0.5) is 5.69 Å². The van der Waals surface area contributed by atoms with Gasteiger partial charge in [-0.2, -0.15) is 0 Å². The molecule has 0 aliphatic rings. The first-order valence-corrected chi connectivity index (χ1v) is 8.85. The van der Waals surface area contributed by atoms with Crippen molar-refractivity contribution >= 4 is 17.6 Å². The first-order chi connectivity index (χ1) is 12.6. The first-order valence-electron chi connectivity index (χ1n) is 8.85. The smallest absolute Gasteiger partial charge is 0.340 e. The summed E-state index contributed by atoms with van der Waals surface area (Å²) in [4.78, 5) is 24.3. The Hall–Kier alpha value is -2.82. The van der Waals surface area contributed by atoms with Crippen molar-refractivity contribution < 1.29 is 19.1 Å². The number of benzene rings is 2. The zero-order valence-corrected chi connectivity index (χ0v) is 15.3. The number of carbonyl (C=O) groups excluding carboxylic acids is 2. The maximum atomic E-state index is 12.2. The van der Waals surface area contributed by atoms with Crippen LogP contribution in [0.3, 0.4) is 0 Å². The molecule has 0 saturated heterocycles. The second kappa shape index (κ2) is 10.2. The van der Waals surface area contributed by atoms with Crippen molar-refractivity contribution in [1.29, 1.82) is 0 Å². The highest BCUT2D eigenvalue weighted by molar-refractivity contribution is 6.01. The fourth-order valence-electron chi connectivity index (χ4n) is 2.34. The molecule has 2 aromatic carbocycles. The van der Waals surface area contributed by atoms with Gasteiger partial charge in [-0.15, -0.1) is 0 Å². The lowest BCUT2D eigenvalue weighted by atomic mass is 10.1. The number of aryl methyl sites for hydroxylation is 1. The fourth-order valence-corrected chi connectivity index (χ4v) is 2.34. The van der Waals surface area contributed by atoms with Crippen molar-refractivity contribution in [3.8, 4) is 5.75 Å².